The minimum absolute atomic E-state index is 0.119. The van der Waals surface area contributed by atoms with Crippen LogP contribution in [0.4, 0.5) is 0 Å². The van der Waals surface area contributed by atoms with Crippen molar-refractivity contribution in [2.45, 2.75) is 69.0 Å². The third kappa shape index (κ3) is 4.04. The maximum Gasteiger partial charge on any atom is 0.250 e. The fraction of sp³-hybridized carbons (Fsp3) is 0.714. The van der Waals surface area contributed by atoms with E-state index in [-0.39, 0.29) is 6.04 Å². The van der Waals surface area contributed by atoms with Gasteiger partial charge in [0.25, 0.3) is 0 Å². The number of thiophene rings is 1. The first-order valence-corrected chi connectivity index (χ1v) is 9.38. The van der Waals surface area contributed by atoms with Crippen LogP contribution in [0.5, 0.6) is 0 Å². The zero-order valence-corrected chi connectivity index (χ0v) is 13.4. The Morgan fingerprint density at radius 2 is 1.68 bits per heavy atom. The molecule has 108 valence electrons. The van der Waals surface area contributed by atoms with Crippen LogP contribution in [0.25, 0.3) is 0 Å². The molecule has 1 heterocycles. The van der Waals surface area contributed by atoms with Gasteiger partial charge in [-0.1, -0.05) is 32.1 Å². The van der Waals surface area contributed by atoms with Crippen molar-refractivity contribution >= 4 is 21.4 Å². The Kier molecular flexibility index (Phi) is 5.03. The molecule has 0 atom stereocenters. The van der Waals surface area contributed by atoms with Crippen molar-refractivity contribution < 1.29 is 8.42 Å². The number of nitrogens with one attached hydrogen (secondary N) is 1. The van der Waals surface area contributed by atoms with Crippen molar-refractivity contribution in [3.8, 4) is 0 Å². The van der Waals surface area contributed by atoms with Gasteiger partial charge in [-0.15, -0.1) is 11.3 Å². The molecule has 1 aromatic heterocycles. The molecule has 5 heteroatoms. The third-order valence-corrected chi connectivity index (χ3v) is 6.98. The van der Waals surface area contributed by atoms with Gasteiger partial charge < -0.3 is 0 Å². The zero-order chi connectivity index (χ0) is 13.9. The highest BCUT2D eigenvalue weighted by molar-refractivity contribution is 7.91. The van der Waals surface area contributed by atoms with Crippen LogP contribution >= 0.6 is 11.3 Å². The molecular weight excluding hydrogens is 278 g/mol. The first-order valence-electron chi connectivity index (χ1n) is 7.08. The van der Waals surface area contributed by atoms with Gasteiger partial charge in [0.05, 0.1) is 0 Å². The van der Waals surface area contributed by atoms with E-state index in [1.807, 2.05) is 13.8 Å². The van der Waals surface area contributed by atoms with Crippen molar-refractivity contribution in [1.82, 2.24) is 4.72 Å². The molecule has 0 saturated heterocycles. The van der Waals surface area contributed by atoms with E-state index in [2.05, 4.69) is 4.72 Å². The van der Waals surface area contributed by atoms with Crippen LogP contribution in [0, 0.1) is 13.8 Å². The van der Waals surface area contributed by atoms with Crippen LogP contribution in [0.15, 0.2) is 10.3 Å². The minimum atomic E-state index is -3.32. The molecule has 2 rings (SSSR count). The van der Waals surface area contributed by atoms with Crippen LogP contribution in [0.3, 0.4) is 0 Å². The van der Waals surface area contributed by atoms with Gasteiger partial charge in [-0.25, -0.2) is 13.1 Å². The zero-order valence-electron chi connectivity index (χ0n) is 11.7. The second-order valence-corrected chi connectivity index (χ2v) is 8.67. The second-order valence-electron chi connectivity index (χ2n) is 5.47. The van der Waals surface area contributed by atoms with Crippen LogP contribution in [0.2, 0.25) is 0 Å². The monoisotopic (exact) mass is 301 g/mol. The molecule has 1 aliphatic carbocycles. The molecule has 1 N–H and O–H groups in total. The summed E-state index contributed by atoms with van der Waals surface area (Å²) in [6.07, 6.45) is 7.98. The Morgan fingerprint density at radius 3 is 2.21 bits per heavy atom. The quantitative estimate of drug-likeness (QED) is 0.924. The van der Waals surface area contributed by atoms with E-state index in [1.54, 1.807) is 6.07 Å². The summed E-state index contributed by atoms with van der Waals surface area (Å²) in [5.41, 5.74) is 1.06. The Balaban J connectivity index is 2.07. The molecule has 0 spiro atoms. The van der Waals surface area contributed by atoms with E-state index >= 15 is 0 Å². The lowest BCUT2D eigenvalue weighted by Gasteiger charge is -2.20. The van der Waals surface area contributed by atoms with Gasteiger partial charge in [0.1, 0.15) is 4.21 Å². The number of rotatable bonds is 3. The van der Waals surface area contributed by atoms with Gasteiger partial charge in [0.2, 0.25) is 10.0 Å². The van der Waals surface area contributed by atoms with Gasteiger partial charge in [-0.3, -0.25) is 0 Å². The first-order chi connectivity index (χ1) is 8.99. The number of sulfonamides is 1. The molecule has 1 aliphatic rings. The molecule has 0 bridgehead atoms. The average molecular weight is 301 g/mol. The van der Waals surface area contributed by atoms with E-state index < -0.39 is 10.0 Å². The van der Waals surface area contributed by atoms with Crippen molar-refractivity contribution in [3.05, 3.63) is 16.5 Å². The number of hydrogen-bond acceptors (Lipinski definition) is 3. The molecule has 19 heavy (non-hydrogen) atoms. The predicted octanol–water partition coefficient (Wildman–Crippen LogP) is 3.76. The fourth-order valence-corrected chi connectivity index (χ4v) is 5.36. The normalized spacial score (nSPS) is 19.1. The Hall–Kier alpha value is -0.390. The summed E-state index contributed by atoms with van der Waals surface area (Å²) < 4.78 is 28.1. The minimum Gasteiger partial charge on any atom is -0.207 e. The first kappa shape index (κ1) is 15.0. The highest BCUT2D eigenvalue weighted by atomic mass is 32.2. The lowest BCUT2D eigenvalue weighted by molar-refractivity contribution is 0.427. The molecule has 0 unspecified atom stereocenters. The van der Waals surface area contributed by atoms with E-state index in [0.29, 0.717) is 4.21 Å². The lowest BCUT2D eigenvalue weighted by atomic mass is 9.97. The van der Waals surface area contributed by atoms with Crippen molar-refractivity contribution in [2.75, 3.05) is 0 Å². The smallest absolute Gasteiger partial charge is 0.207 e. The van der Waals surface area contributed by atoms with Gasteiger partial charge in [-0.05, 0) is 38.3 Å². The van der Waals surface area contributed by atoms with Crippen LogP contribution < -0.4 is 4.72 Å². The third-order valence-electron chi connectivity index (χ3n) is 3.84. The molecule has 0 radical (unpaired) electrons. The van der Waals surface area contributed by atoms with Gasteiger partial charge in [0, 0.05) is 10.9 Å². The van der Waals surface area contributed by atoms with Crippen molar-refractivity contribution in [3.63, 3.8) is 0 Å². The molecule has 1 fully saturated rings. The maximum absolute atomic E-state index is 12.4. The summed E-state index contributed by atoms with van der Waals surface area (Å²) in [6, 6.07) is 1.90. The topological polar surface area (TPSA) is 46.2 Å². The summed E-state index contributed by atoms with van der Waals surface area (Å²) in [4.78, 5) is 1.08. The van der Waals surface area contributed by atoms with Crippen LogP contribution in [0.1, 0.15) is 55.4 Å². The highest BCUT2D eigenvalue weighted by Gasteiger charge is 2.22. The van der Waals surface area contributed by atoms with E-state index in [1.165, 1.54) is 30.6 Å². The average Bonchev–Trinajstić information content (AvgIpc) is 2.64. The molecule has 0 aromatic carbocycles. The highest BCUT2D eigenvalue weighted by Crippen LogP contribution is 2.26. The Bertz CT molecular complexity index is 492. The molecule has 1 aromatic rings. The van der Waals surface area contributed by atoms with E-state index in [4.69, 9.17) is 0 Å². The summed E-state index contributed by atoms with van der Waals surface area (Å²) >= 11 is 1.37. The SMILES string of the molecule is Cc1cc(S(=O)(=O)NC2CCCCCCC2)sc1C. The summed E-state index contributed by atoms with van der Waals surface area (Å²) in [7, 11) is -3.32. The van der Waals surface area contributed by atoms with Gasteiger partial charge >= 0.3 is 0 Å². The molecule has 3 nitrogen and oxygen atoms in total. The number of hydrogen-bond donors (Lipinski definition) is 1. The maximum atomic E-state index is 12.4. The van der Waals surface area contributed by atoms with E-state index in [9.17, 15) is 8.42 Å². The molecular formula is C14H23NO2S2. The number of aryl methyl sites for hydroxylation is 2. The standard InChI is InChI=1S/C14H23NO2S2/c1-11-10-14(18-12(11)2)19(16,17)15-13-8-6-4-3-5-7-9-13/h10,13,15H,3-9H2,1-2H3. The summed E-state index contributed by atoms with van der Waals surface area (Å²) in [6.45, 7) is 3.93. The van der Waals surface area contributed by atoms with Gasteiger partial charge in [0.15, 0.2) is 0 Å². The fourth-order valence-electron chi connectivity index (χ4n) is 2.52. The molecule has 0 amide bonds. The lowest BCUT2D eigenvalue weighted by Crippen LogP contribution is -2.34. The summed E-state index contributed by atoms with van der Waals surface area (Å²) in [5, 5.41) is 0. The van der Waals surface area contributed by atoms with Crippen LogP contribution in [-0.2, 0) is 10.0 Å². The largest absolute Gasteiger partial charge is 0.250 e. The predicted molar refractivity (Wildman–Crippen MR) is 80.2 cm³/mol. The Labute approximate surface area is 120 Å². The summed E-state index contributed by atoms with van der Waals surface area (Å²) in [5.74, 6) is 0. The van der Waals surface area contributed by atoms with E-state index in [0.717, 1.165) is 36.1 Å². The van der Waals surface area contributed by atoms with Crippen molar-refractivity contribution in [1.29, 1.82) is 0 Å². The van der Waals surface area contributed by atoms with Crippen molar-refractivity contribution in [2.24, 2.45) is 0 Å². The van der Waals surface area contributed by atoms with Crippen LogP contribution in [-0.4, -0.2) is 14.5 Å². The second kappa shape index (κ2) is 6.37. The van der Waals surface area contributed by atoms with Gasteiger partial charge in [-0.2, -0.15) is 0 Å². The molecule has 0 aliphatic heterocycles. The Morgan fingerprint density at radius 1 is 1.11 bits per heavy atom. The molecule has 1 saturated carbocycles.